The van der Waals surface area contributed by atoms with Gasteiger partial charge >= 0.3 is 0 Å². The van der Waals surface area contributed by atoms with Crippen molar-refractivity contribution in [3.8, 4) is 5.75 Å². The number of nitrogens with zero attached hydrogens (tertiary/aromatic N) is 2. The third-order valence-corrected chi connectivity index (χ3v) is 5.74. The fourth-order valence-electron chi connectivity index (χ4n) is 2.54. The van der Waals surface area contributed by atoms with Gasteiger partial charge in [-0.1, -0.05) is 12.1 Å². The topological polar surface area (TPSA) is 89.8 Å². The third kappa shape index (κ3) is 3.58. The number of nitro groups is 1. The number of sulfonamides is 1. The number of ether oxygens (including phenoxy) is 1. The van der Waals surface area contributed by atoms with E-state index in [0.717, 1.165) is 11.6 Å². The molecule has 0 amide bonds. The minimum Gasteiger partial charge on any atom is -0.495 e. The van der Waals surface area contributed by atoms with Crippen LogP contribution in [0, 0.1) is 24.0 Å². The lowest BCUT2D eigenvalue weighted by molar-refractivity contribution is -0.385. The van der Waals surface area contributed by atoms with Crippen LogP contribution >= 0.6 is 0 Å². The Kier molecular flexibility index (Phi) is 5.32. The molecule has 0 saturated heterocycles. The van der Waals surface area contributed by atoms with Crippen LogP contribution < -0.4 is 9.04 Å². The summed E-state index contributed by atoms with van der Waals surface area (Å²) in [7, 11) is -2.51. The molecule has 0 radical (unpaired) electrons. The Balaban J connectivity index is 2.63. The number of aryl methyl sites for hydroxylation is 2. The minimum atomic E-state index is -3.98. The first kappa shape index (κ1) is 18.7. The van der Waals surface area contributed by atoms with Crippen LogP contribution in [-0.4, -0.2) is 27.0 Å². The first-order valence-electron chi connectivity index (χ1n) is 7.64. The Bertz CT molecular complexity index is 909. The van der Waals surface area contributed by atoms with E-state index in [-0.39, 0.29) is 17.1 Å². The highest BCUT2D eigenvalue weighted by molar-refractivity contribution is 7.92. The Morgan fingerprint density at radius 2 is 1.84 bits per heavy atom. The van der Waals surface area contributed by atoms with Crippen LogP contribution in [0.15, 0.2) is 41.3 Å². The number of hydrogen-bond donors (Lipinski definition) is 0. The van der Waals surface area contributed by atoms with Crippen molar-refractivity contribution < 1.29 is 18.1 Å². The van der Waals surface area contributed by atoms with Crippen molar-refractivity contribution in [2.24, 2.45) is 0 Å². The second kappa shape index (κ2) is 7.10. The third-order valence-electron chi connectivity index (χ3n) is 3.86. The van der Waals surface area contributed by atoms with E-state index in [0.29, 0.717) is 17.0 Å². The van der Waals surface area contributed by atoms with Gasteiger partial charge in [0.1, 0.15) is 5.75 Å². The van der Waals surface area contributed by atoms with Gasteiger partial charge in [-0.3, -0.25) is 14.4 Å². The fourth-order valence-corrected chi connectivity index (χ4v) is 4.03. The predicted molar refractivity (Wildman–Crippen MR) is 95.8 cm³/mol. The van der Waals surface area contributed by atoms with Gasteiger partial charge in [-0.25, -0.2) is 8.42 Å². The van der Waals surface area contributed by atoms with Gasteiger partial charge < -0.3 is 4.74 Å². The summed E-state index contributed by atoms with van der Waals surface area (Å²) >= 11 is 0. The molecule has 2 aromatic carbocycles. The van der Waals surface area contributed by atoms with Crippen LogP contribution in [0.2, 0.25) is 0 Å². The molecule has 2 aromatic rings. The van der Waals surface area contributed by atoms with Crippen LogP contribution in [0.1, 0.15) is 18.1 Å². The van der Waals surface area contributed by atoms with Gasteiger partial charge in [-0.05, 0) is 44.5 Å². The molecule has 0 fully saturated rings. The number of anilines is 1. The molecule has 0 bridgehead atoms. The van der Waals surface area contributed by atoms with E-state index < -0.39 is 14.9 Å². The smallest absolute Gasteiger partial charge is 0.273 e. The molecule has 134 valence electrons. The van der Waals surface area contributed by atoms with E-state index in [9.17, 15) is 18.5 Å². The number of benzene rings is 2. The summed E-state index contributed by atoms with van der Waals surface area (Å²) in [6, 6.07) is 9.13. The maximum Gasteiger partial charge on any atom is 0.273 e. The van der Waals surface area contributed by atoms with Gasteiger partial charge in [-0.2, -0.15) is 0 Å². The summed E-state index contributed by atoms with van der Waals surface area (Å²) in [6.07, 6.45) is 0. The largest absolute Gasteiger partial charge is 0.495 e. The van der Waals surface area contributed by atoms with Crippen LogP contribution in [0.25, 0.3) is 0 Å². The minimum absolute atomic E-state index is 0.129. The van der Waals surface area contributed by atoms with E-state index in [4.69, 9.17) is 4.74 Å². The molecule has 8 heteroatoms. The molecule has 0 heterocycles. The van der Waals surface area contributed by atoms with Crippen LogP contribution in [0.3, 0.4) is 0 Å². The first-order chi connectivity index (χ1) is 11.7. The zero-order valence-electron chi connectivity index (χ0n) is 14.5. The molecule has 0 saturated carbocycles. The number of nitro benzene ring substituents is 1. The standard InChI is InChI=1S/C17H20N2O5S/c1-5-18(16-10-12(2)6-9-17(16)24-4)25(22,23)14-8-7-13(3)15(11-14)19(20)21/h6-11H,5H2,1-4H3. The monoisotopic (exact) mass is 364 g/mol. The van der Waals surface area contributed by atoms with Crippen molar-refractivity contribution in [1.29, 1.82) is 0 Å². The SMILES string of the molecule is CCN(c1cc(C)ccc1OC)S(=O)(=O)c1ccc(C)c([N+](=O)[O-])c1. The van der Waals surface area contributed by atoms with Crippen LogP contribution in [0.4, 0.5) is 11.4 Å². The maximum atomic E-state index is 13.1. The second-order valence-corrected chi connectivity index (χ2v) is 7.41. The van der Waals surface area contributed by atoms with E-state index >= 15 is 0 Å². The zero-order chi connectivity index (χ0) is 18.8. The molecule has 0 aliphatic heterocycles. The first-order valence-corrected chi connectivity index (χ1v) is 9.08. The van der Waals surface area contributed by atoms with Gasteiger partial charge in [0.05, 0.1) is 22.6 Å². The molecule has 2 rings (SSSR count). The average Bonchev–Trinajstić information content (AvgIpc) is 2.55. The van der Waals surface area contributed by atoms with Crippen LogP contribution in [-0.2, 0) is 10.0 Å². The van der Waals surface area contributed by atoms with E-state index in [1.165, 1.54) is 23.5 Å². The molecular weight excluding hydrogens is 344 g/mol. The number of methoxy groups -OCH3 is 1. The normalized spacial score (nSPS) is 11.2. The highest BCUT2D eigenvalue weighted by Crippen LogP contribution is 2.34. The molecule has 0 aliphatic rings. The molecule has 0 atom stereocenters. The quantitative estimate of drug-likeness (QED) is 0.578. The Morgan fingerprint density at radius 1 is 1.16 bits per heavy atom. The molecule has 0 unspecified atom stereocenters. The zero-order valence-corrected chi connectivity index (χ0v) is 15.3. The van der Waals surface area contributed by atoms with Crippen molar-refractivity contribution in [2.45, 2.75) is 25.7 Å². The van der Waals surface area contributed by atoms with Crippen molar-refractivity contribution in [1.82, 2.24) is 0 Å². The van der Waals surface area contributed by atoms with Crippen molar-refractivity contribution in [3.05, 3.63) is 57.6 Å². The van der Waals surface area contributed by atoms with Gasteiger partial charge in [0.25, 0.3) is 15.7 Å². The number of hydrogen-bond acceptors (Lipinski definition) is 5. The lowest BCUT2D eigenvalue weighted by Gasteiger charge is -2.25. The summed E-state index contributed by atoms with van der Waals surface area (Å²) in [4.78, 5) is 10.4. The summed E-state index contributed by atoms with van der Waals surface area (Å²) < 4.78 is 32.6. The molecule has 0 spiro atoms. The Morgan fingerprint density at radius 3 is 2.40 bits per heavy atom. The van der Waals surface area contributed by atoms with Gasteiger partial charge in [0, 0.05) is 18.2 Å². The Labute approximate surface area is 147 Å². The summed E-state index contributed by atoms with van der Waals surface area (Å²) in [5.41, 5.74) is 1.45. The lowest BCUT2D eigenvalue weighted by atomic mass is 10.2. The molecular formula is C17H20N2O5S. The van der Waals surface area contributed by atoms with E-state index in [1.807, 2.05) is 13.0 Å². The van der Waals surface area contributed by atoms with Gasteiger partial charge in [0.2, 0.25) is 0 Å². The highest BCUT2D eigenvalue weighted by Gasteiger charge is 2.28. The van der Waals surface area contributed by atoms with Crippen molar-refractivity contribution >= 4 is 21.4 Å². The van der Waals surface area contributed by atoms with E-state index in [2.05, 4.69) is 0 Å². The van der Waals surface area contributed by atoms with Crippen LogP contribution in [0.5, 0.6) is 5.75 Å². The summed E-state index contributed by atoms with van der Waals surface area (Å²) in [5, 5.41) is 11.1. The van der Waals surface area contributed by atoms with Crippen molar-refractivity contribution in [2.75, 3.05) is 18.0 Å². The second-order valence-electron chi connectivity index (χ2n) is 5.55. The molecule has 7 nitrogen and oxygen atoms in total. The average molecular weight is 364 g/mol. The molecule has 0 N–H and O–H groups in total. The van der Waals surface area contributed by atoms with Gasteiger partial charge in [0.15, 0.2) is 0 Å². The molecule has 0 aliphatic carbocycles. The van der Waals surface area contributed by atoms with E-state index in [1.54, 1.807) is 26.0 Å². The lowest BCUT2D eigenvalue weighted by Crippen LogP contribution is -2.31. The predicted octanol–water partition coefficient (Wildman–Crippen LogP) is 3.44. The summed E-state index contributed by atoms with van der Waals surface area (Å²) in [5.74, 6) is 0.414. The summed E-state index contributed by atoms with van der Waals surface area (Å²) in [6.45, 7) is 5.27. The van der Waals surface area contributed by atoms with Crippen molar-refractivity contribution in [3.63, 3.8) is 0 Å². The van der Waals surface area contributed by atoms with Gasteiger partial charge in [-0.15, -0.1) is 0 Å². The molecule has 0 aromatic heterocycles. The Hall–Kier alpha value is -2.61. The fraction of sp³-hybridized carbons (Fsp3) is 0.294. The number of rotatable bonds is 6. The maximum absolute atomic E-state index is 13.1. The molecule has 25 heavy (non-hydrogen) atoms. The highest BCUT2D eigenvalue weighted by atomic mass is 32.2.